The minimum absolute atomic E-state index is 0.735. The molecule has 80 valence electrons. The van der Waals surface area contributed by atoms with Gasteiger partial charge in [0.05, 0.1) is 15.6 Å². The molecule has 4 heteroatoms. The quantitative estimate of drug-likeness (QED) is 0.856. The van der Waals surface area contributed by atoms with E-state index in [9.17, 15) is 0 Å². The van der Waals surface area contributed by atoms with Crippen molar-refractivity contribution in [2.24, 2.45) is 7.05 Å². The summed E-state index contributed by atoms with van der Waals surface area (Å²) in [4.78, 5) is 0. The second kappa shape index (κ2) is 4.05. The summed E-state index contributed by atoms with van der Waals surface area (Å²) in [6.45, 7) is 0.803. The SMILES string of the molecule is CNCc1cc2c(Cl)ccc(Cl)c2n1C. The number of hydrogen-bond acceptors (Lipinski definition) is 1. The molecule has 0 radical (unpaired) electrons. The smallest absolute Gasteiger partial charge is 0.0684 e. The largest absolute Gasteiger partial charge is 0.345 e. The van der Waals surface area contributed by atoms with E-state index in [0.717, 1.165) is 27.5 Å². The van der Waals surface area contributed by atoms with Gasteiger partial charge in [-0.15, -0.1) is 0 Å². The first kappa shape index (κ1) is 10.8. The number of halogens is 2. The summed E-state index contributed by atoms with van der Waals surface area (Å²) < 4.78 is 2.07. The van der Waals surface area contributed by atoms with Gasteiger partial charge in [-0.3, -0.25) is 0 Å². The molecule has 0 spiro atoms. The van der Waals surface area contributed by atoms with Crippen LogP contribution in [0.3, 0.4) is 0 Å². The van der Waals surface area contributed by atoms with Gasteiger partial charge in [-0.1, -0.05) is 23.2 Å². The summed E-state index contributed by atoms with van der Waals surface area (Å²) in [5.41, 5.74) is 2.16. The van der Waals surface area contributed by atoms with Crippen LogP contribution in [0.1, 0.15) is 5.69 Å². The van der Waals surface area contributed by atoms with Crippen molar-refractivity contribution in [2.45, 2.75) is 6.54 Å². The minimum atomic E-state index is 0.735. The average Bonchev–Trinajstić information content (AvgIpc) is 2.53. The molecule has 0 aliphatic carbocycles. The third-order valence-electron chi connectivity index (χ3n) is 2.55. The molecule has 0 atom stereocenters. The number of fused-ring (bicyclic) bond motifs is 1. The number of benzene rings is 1. The third kappa shape index (κ3) is 1.73. The van der Waals surface area contributed by atoms with Crippen molar-refractivity contribution >= 4 is 34.1 Å². The molecule has 2 aromatic rings. The molecule has 0 unspecified atom stereocenters. The summed E-state index contributed by atoms with van der Waals surface area (Å²) in [7, 11) is 3.91. The Balaban J connectivity index is 2.75. The van der Waals surface area contributed by atoms with Crippen LogP contribution in [0.2, 0.25) is 10.0 Å². The Morgan fingerprint density at radius 1 is 1.27 bits per heavy atom. The molecule has 0 aliphatic rings. The van der Waals surface area contributed by atoms with Gasteiger partial charge in [0.1, 0.15) is 0 Å². The maximum absolute atomic E-state index is 6.15. The summed E-state index contributed by atoms with van der Waals surface area (Å²) in [6.07, 6.45) is 0. The molecule has 2 nitrogen and oxygen atoms in total. The molecular weight excluding hydrogens is 231 g/mol. The third-order valence-corrected chi connectivity index (χ3v) is 3.18. The lowest BCUT2D eigenvalue weighted by molar-refractivity contribution is 0.745. The maximum atomic E-state index is 6.15. The summed E-state index contributed by atoms with van der Waals surface area (Å²) in [6, 6.07) is 5.73. The first-order valence-corrected chi connectivity index (χ1v) is 5.47. The van der Waals surface area contributed by atoms with Crippen molar-refractivity contribution in [3.63, 3.8) is 0 Å². The fourth-order valence-electron chi connectivity index (χ4n) is 1.79. The highest BCUT2D eigenvalue weighted by Crippen LogP contribution is 2.31. The Morgan fingerprint density at radius 3 is 2.53 bits per heavy atom. The zero-order valence-electron chi connectivity index (χ0n) is 8.64. The van der Waals surface area contributed by atoms with E-state index < -0.39 is 0 Å². The van der Waals surface area contributed by atoms with Crippen LogP contribution in [-0.2, 0) is 13.6 Å². The molecule has 15 heavy (non-hydrogen) atoms. The summed E-state index contributed by atoms with van der Waals surface area (Å²) in [5.74, 6) is 0. The Bertz CT molecular complexity index is 503. The molecule has 0 amide bonds. The summed E-state index contributed by atoms with van der Waals surface area (Å²) in [5, 5.41) is 5.61. The van der Waals surface area contributed by atoms with Crippen LogP contribution in [0.4, 0.5) is 0 Å². The first-order valence-electron chi connectivity index (χ1n) is 4.72. The van der Waals surface area contributed by atoms with Crippen LogP contribution >= 0.6 is 23.2 Å². The van der Waals surface area contributed by atoms with Crippen LogP contribution in [0.25, 0.3) is 10.9 Å². The van der Waals surface area contributed by atoms with E-state index in [2.05, 4.69) is 16.0 Å². The van der Waals surface area contributed by atoms with Gasteiger partial charge in [0.25, 0.3) is 0 Å². The highest BCUT2D eigenvalue weighted by Gasteiger charge is 2.10. The second-order valence-electron chi connectivity index (χ2n) is 3.52. The van der Waals surface area contributed by atoms with Crippen molar-refractivity contribution < 1.29 is 0 Å². The van der Waals surface area contributed by atoms with Crippen molar-refractivity contribution in [3.05, 3.63) is 33.9 Å². The monoisotopic (exact) mass is 242 g/mol. The molecule has 1 N–H and O–H groups in total. The molecule has 0 saturated heterocycles. The van der Waals surface area contributed by atoms with Crippen LogP contribution in [0.5, 0.6) is 0 Å². The molecule has 1 aromatic heterocycles. The highest BCUT2D eigenvalue weighted by molar-refractivity contribution is 6.40. The van der Waals surface area contributed by atoms with Crippen molar-refractivity contribution in [2.75, 3.05) is 7.05 Å². The maximum Gasteiger partial charge on any atom is 0.0684 e. The molecule has 1 heterocycles. The van der Waals surface area contributed by atoms with Gasteiger partial charge in [-0.2, -0.15) is 0 Å². The lowest BCUT2D eigenvalue weighted by Crippen LogP contribution is -2.08. The van der Waals surface area contributed by atoms with E-state index in [0.29, 0.717) is 0 Å². The lowest BCUT2D eigenvalue weighted by Gasteiger charge is -2.04. The topological polar surface area (TPSA) is 17.0 Å². The Morgan fingerprint density at radius 2 is 1.93 bits per heavy atom. The molecule has 2 rings (SSSR count). The predicted molar refractivity (Wildman–Crippen MR) is 65.7 cm³/mol. The van der Waals surface area contributed by atoms with Gasteiger partial charge in [-0.05, 0) is 25.2 Å². The molecule has 0 fully saturated rings. The number of aryl methyl sites for hydroxylation is 1. The first-order chi connectivity index (χ1) is 7.15. The van der Waals surface area contributed by atoms with Crippen LogP contribution in [0.15, 0.2) is 18.2 Å². The van der Waals surface area contributed by atoms with Gasteiger partial charge in [-0.25, -0.2) is 0 Å². The fraction of sp³-hybridized carbons (Fsp3) is 0.273. The predicted octanol–water partition coefficient (Wildman–Crippen LogP) is 3.20. The van der Waals surface area contributed by atoms with E-state index in [-0.39, 0.29) is 0 Å². The molecule has 1 aromatic carbocycles. The van der Waals surface area contributed by atoms with Gasteiger partial charge in [0, 0.05) is 24.7 Å². The number of nitrogens with zero attached hydrogens (tertiary/aromatic N) is 1. The number of rotatable bonds is 2. The Kier molecular flexibility index (Phi) is 2.91. The molecule has 0 bridgehead atoms. The average molecular weight is 243 g/mol. The van der Waals surface area contributed by atoms with E-state index in [1.807, 2.05) is 26.2 Å². The van der Waals surface area contributed by atoms with Crippen LogP contribution < -0.4 is 5.32 Å². The van der Waals surface area contributed by atoms with E-state index in [1.54, 1.807) is 0 Å². The van der Waals surface area contributed by atoms with Gasteiger partial charge in [0.15, 0.2) is 0 Å². The van der Waals surface area contributed by atoms with Crippen molar-refractivity contribution in [1.29, 1.82) is 0 Å². The van der Waals surface area contributed by atoms with E-state index in [1.165, 1.54) is 5.69 Å². The van der Waals surface area contributed by atoms with E-state index >= 15 is 0 Å². The van der Waals surface area contributed by atoms with Gasteiger partial charge < -0.3 is 9.88 Å². The Labute approximate surface area is 98.8 Å². The second-order valence-corrected chi connectivity index (χ2v) is 4.33. The standard InChI is InChI=1S/C11H12Cl2N2/c1-14-6-7-5-8-9(12)3-4-10(13)11(8)15(7)2/h3-5,14H,6H2,1-2H3. The zero-order valence-corrected chi connectivity index (χ0v) is 10.2. The molecule has 0 saturated carbocycles. The molecule has 0 aliphatic heterocycles. The van der Waals surface area contributed by atoms with Crippen molar-refractivity contribution in [3.8, 4) is 0 Å². The Hall–Kier alpha value is -0.700. The fourth-order valence-corrected chi connectivity index (χ4v) is 2.29. The lowest BCUT2D eigenvalue weighted by atomic mass is 10.2. The summed E-state index contributed by atoms with van der Waals surface area (Å²) >= 11 is 12.3. The van der Waals surface area contributed by atoms with Crippen molar-refractivity contribution in [1.82, 2.24) is 9.88 Å². The van der Waals surface area contributed by atoms with Gasteiger partial charge >= 0.3 is 0 Å². The van der Waals surface area contributed by atoms with E-state index in [4.69, 9.17) is 23.2 Å². The van der Waals surface area contributed by atoms with Crippen LogP contribution in [-0.4, -0.2) is 11.6 Å². The minimum Gasteiger partial charge on any atom is -0.345 e. The number of hydrogen-bond donors (Lipinski definition) is 1. The van der Waals surface area contributed by atoms with Gasteiger partial charge in [0.2, 0.25) is 0 Å². The normalized spacial score (nSPS) is 11.2. The molecular formula is C11H12Cl2N2. The zero-order chi connectivity index (χ0) is 11.0. The van der Waals surface area contributed by atoms with Crippen LogP contribution in [0, 0.1) is 0 Å². The number of nitrogens with one attached hydrogen (secondary N) is 1. The highest BCUT2D eigenvalue weighted by atomic mass is 35.5. The number of aromatic nitrogens is 1.